The number of anilines is 1. The molecule has 0 saturated carbocycles. The second kappa shape index (κ2) is 2.83. The SMILES string of the molecule is COc1ccc2c(c1)sc1nnc(N)n12. The van der Waals surface area contributed by atoms with Crippen LogP contribution in [0.4, 0.5) is 5.95 Å². The van der Waals surface area contributed by atoms with Crippen LogP contribution < -0.4 is 10.5 Å². The number of hydrogen-bond donors (Lipinski definition) is 1. The van der Waals surface area contributed by atoms with E-state index in [1.54, 1.807) is 18.4 Å². The van der Waals surface area contributed by atoms with Gasteiger partial charge >= 0.3 is 0 Å². The first-order chi connectivity index (χ1) is 7.29. The maximum Gasteiger partial charge on any atom is 0.227 e. The van der Waals surface area contributed by atoms with E-state index in [9.17, 15) is 0 Å². The van der Waals surface area contributed by atoms with Gasteiger partial charge in [-0.25, -0.2) is 0 Å². The molecule has 3 aromatic rings. The van der Waals surface area contributed by atoms with Crippen molar-refractivity contribution in [1.82, 2.24) is 14.6 Å². The Morgan fingerprint density at radius 2 is 2.27 bits per heavy atom. The largest absolute Gasteiger partial charge is 0.497 e. The molecule has 0 bridgehead atoms. The van der Waals surface area contributed by atoms with Crippen molar-refractivity contribution in [3.05, 3.63) is 18.2 Å². The molecule has 0 aliphatic rings. The fourth-order valence-corrected chi connectivity index (χ4v) is 2.56. The van der Waals surface area contributed by atoms with E-state index in [1.807, 2.05) is 22.6 Å². The molecule has 3 rings (SSSR count). The predicted octanol–water partition coefficient (Wildman–Crippen LogP) is 1.53. The summed E-state index contributed by atoms with van der Waals surface area (Å²) in [6.45, 7) is 0. The molecule has 2 heterocycles. The summed E-state index contributed by atoms with van der Waals surface area (Å²) in [6, 6.07) is 5.82. The molecule has 0 fully saturated rings. The molecule has 0 unspecified atom stereocenters. The van der Waals surface area contributed by atoms with Gasteiger partial charge in [-0.2, -0.15) is 0 Å². The molecule has 1 aromatic carbocycles. The summed E-state index contributed by atoms with van der Waals surface area (Å²) in [4.78, 5) is 0.802. The number of methoxy groups -OCH3 is 1. The lowest BCUT2D eigenvalue weighted by atomic mass is 10.3. The van der Waals surface area contributed by atoms with Crippen LogP contribution in [-0.2, 0) is 0 Å². The van der Waals surface area contributed by atoms with Gasteiger partial charge in [0.15, 0.2) is 0 Å². The van der Waals surface area contributed by atoms with E-state index in [4.69, 9.17) is 10.5 Å². The number of nitrogens with two attached hydrogens (primary N) is 1. The third-order valence-corrected chi connectivity index (χ3v) is 3.26. The van der Waals surface area contributed by atoms with Crippen molar-refractivity contribution in [3.8, 4) is 5.75 Å². The quantitative estimate of drug-likeness (QED) is 0.675. The van der Waals surface area contributed by atoms with E-state index in [2.05, 4.69) is 10.2 Å². The van der Waals surface area contributed by atoms with Crippen LogP contribution in [0, 0.1) is 0 Å². The minimum absolute atomic E-state index is 0.418. The second-order valence-electron chi connectivity index (χ2n) is 3.11. The van der Waals surface area contributed by atoms with E-state index in [1.165, 1.54) is 0 Å². The number of nitrogen functional groups attached to an aromatic ring is 1. The van der Waals surface area contributed by atoms with E-state index in [0.717, 1.165) is 20.9 Å². The third-order valence-electron chi connectivity index (χ3n) is 2.27. The Kier molecular flexibility index (Phi) is 1.60. The maximum atomic E-state index is 5.72. The van der Waals surface area contributed by atoms with Crippen LogP contribution in [0.1, 0.15) is 0 Å². The van der Waals surface area contributed by atoms with Gasteiger partial charge in [-0.3, -0.25) is 4.40 Å². The molecule has 76 valence electrons. The highest BCUT2D eigenvalue weighted by molar-refractivity contribution is 7.23. The fraction of sp³-hybridized carbons (Fsp3) is 0.111. The van der Waals surface area contributed by atoms with Crippen molar-refractivity contribution in [2.75, 3.05) is 12.8 Å². The zero-order chi connectivity index (χ0) is 10.4. The molecule has 15 heavy (non-hydrogen) atoms. The molecule has 0 atom stereocenters. The lowest BCUT2D eigenvalue weighted by molar-refractivity contribution is 0.415. The van der Waals surface area contributed by atoms with Crippen molar-refractivity contribution in [2.24, 2.45) is 0 Å². The predicted molar refractivity (Wildman–Crippen MR) is 59.3 cm³/mol. The molecule has 0 amide bonds. The Labute approximate surface area is 89.1 Å². The molecule has 2 aromatic heterocycles. The van der Waals surface area contributed by atoms with Gasteiger partial charge in [0.25, 0.3) is 0 Å². The van der Waals surface area contributed by atoms with Crippen LogP contribution in [0.25, 0.3) is 15.2 Å². The van der Waals surface area contributed by atoms with E-state index >= 15 is 0 Å². The summed E-state index contributed by atoms with van der Waals surface area (Å²) in [5.41, 5.74) is 6.73. The lowest BCUT2D eigenvalue weighted by Crippen LogP contribution is -1.92. The molecular formula is C9H8N4OS. The highest BCUT2D eigenvalue weighted by Crippen LogP contribution is 2.29. The lowest BCUT2D eigenvalue weighted by Gasteiger charge is -1.98. The Bertz CT molecular complexity index is 642. The molecule has 5 nitrogen and oxygen atoms in total. The van der Waals surface area contributed by atoms with Crippen LogP contribution in [0.5, 0.6) is 5.75 Å². The van der Waals surface area contributed by atoms with Gasteiger partial charge in [-0.1, -0.05) is 11.3 Å². The molecule has 0 aliphatic carbocycles. The topological polar surface area (TPSA) is 65.4 Å². The Balaban J connectivity index is 2.44. The first kappa shape index (κ1) is 8.49. The first-order valence-corrected chi connectivity index (χ1v) is 5.18. The van der Waals surface area contributed by atoms with Gasteiger partial charge in [-0.15, -0.1) is 10.2 Å². The van der Waals surface area contributed by atoms with Gasteiger partial charge in [0, 0.05) is 0 Å². The zero-order valence-electron chi connectivity index (χ0n) is 7.97. The van der Waals surface area contributed by atoms with Gasteiger partial charge in [0.05, 0.1) is 17.3 Å². The van der Waals surface area contributed by atoms with Gasteiger partial charge in [0.2, 0.25) is 10.9 Å². The molecular weight excluding hydrogens is 212 g/mol. The molecule has 0 radical (unpaired) electrons. The standard InChI is InChI=1S/C9H8N4OS/c1-14-5-2-3-6-7(4-5)15-9-12-11-8(10)13(6)9/h2-4H,1H3,(H2,10,11). The molecule has 0 saturated heterocycles. The number of hydrogen-bond acceptors (Lipinski definition) is 5. The molecule has 0 aliphatic heterocycles. The minimum Gasteiger partial charge on any atom is -0.497 e. The van der Waals surface area contributed by atoms with Crippen LogP contribution in [0.3, 0.4) is 0 Å². The molecule has 2 N–H and O–H groups in total. The van der Waals surface area contributed by atoms with E-state index in [0.29, 0.717) is 5.95 Å². The Hall–Kier alpha value is -1.82. The van der Waals surface area contributed by atoms with Crippen LogP contribution in [-0.4, -0.2) is 21.7 Å². The number of rotatable bonds is 1. The number of ether oxygens (including phenoxy) is 1. The van der Waals surface area contributed by atoms with Crippen molar-refractivity contribution in [1.29, 1.82) is 0 Å². The monoisotopic (exact) mass is 220 g/mol. The number of benzene rings is 1. The summed E-state index contributed by atoms with van der Waals surface area (Å²) in [5.74, 6) is 1.25. The molecule has 0 spiro atoms. The average Bonchev–Trinajstić information content (AvgIpc) is 2.77. The maximum absolute atomic E-state index is 5.72. The summed E-state index contributed by atoms with van der Waals surface area (Å²) in [6.07, 6.45) is 0. The summed E-state index contributed by atoms with van der Waals surface area (Å²) < 4.78 is 8.08. The Morgan fingerprint density at radius 1 is 1.40 bits per heavy atom. The average molecular weight is 220 g/mol. The van der Waals surface area contributed by atoms with E-state index in [-0.39, 0.29) is 0 Å². The second-order valence-corrected chi connectivity index (χ2v) is 4.12. The highest BCUT2D eigenvalue weighted by atomic mass is 32.1. The highest BCUT2D eigenvalue weighted by Gasteiger charge is 2.10. The summed E-state index contributed by atoms with van der Waals surface area (Å²) >= 11 is 1.54. The number of fused-ring (bicyclic) bond motifs is 3. The smallest absolute Gasteiger partial charge is 0.227 e. The van der Waals surface area contributed by atoms with Gasteiger partial charge in [-0.05, 0) is 18.2 Å². The van der Waals surface area contributed by atoms with Crippen molar-refractivity contribution < 1.29 is 4.74 Å². The summed E-state index contributed by atoms with van der Waals surface area (Å²) in [5, 5.41) is 7.79. The minimum atomic E-state index is 0.418. The summed E-state index contributed by atoms with van der Waals surface area (Å²) in [7, 11) is 1.65. The van der Waals surface area contributed by atoms with Crippen LogP contribution in [0.15, 0.2) is 18.2 Å². The Morgan fingerprint density at radius 3 is 3.07 bits per heavy atom. The zero-order valence-corrected chi connectivity index (χ0v) is 8.78. The van der Waals surface area contributed by atoms with Crippen molar-refractivity contribution >= 4 is 32.5 Å². The van der Waals surface area contributed by atoms with Crippen molar-refractivity contribution in [3.63, 3.8) is 0 Å². The fourth-order valence-electron chi connectivity index (χ4n) is 1.56. The van der Waals surface area contributed by atoms with Crippen molar-refractivity contribution in [2.45, 2.75) is 0 Å². The third kappa shape index (κ3) is 1.08. The molecule has 6 heteroatoms. The van der Waals surface area contributed by atoms with Gasteiger partial charge in [0.1, 0.15) is 5.75 Å². The van der Waals surface area contributed by atoms with E-state index < -0.39 is 0 Å². The first-order valence-electron chi connectivity index (χ1n) is 4.37. The number of aromatic nitrogens is 3. The number of nitrogens with zero attached hydrogens (tertiary/aromatic N) is 3. The van der Waals surface area contributed by atoms with Crippen LogP contribution in [0.2, 0.25) is 0 Å². The number of thiazole rings is 1. The van der Waals surface area contributed by atoms with Crippen LogP contribution >= 0.6 is 11.3 Å². The van der Waals surface area contributed by atoms with Gasteiger partial charge < -0.3 is 10.5 Å². The normalized spacial score (nSPS) is 11.3.